The van der Waals surface area contributed by atoms with E-state index in [0.717, 1.165) is 33.5 Å². The Balaban J connectivity index is 1.82. The van der Waals surface area contributed by atoms with Crippen molar-refractivity contribution in [3.8, 4) is 5.75 Å². The van der Waals surface area contributed by atoms with Gasteiger partial charge in [-0.05, 0) is 48.5 Å². The molecule has 3 N–H and O–H groups in total. The van der Waals surface area contributed by atoms with Gasteiger partial charge in [0.25, 0.3) is 11.8 Å². The van der Waals surface area contributed by atoms with Gasteiger partial charge in [0.1, 0.15) is 11.6 Å². The second kappa shape index (κ2) is 10.3. The number of hydrogen-bond donors (Lipinski definition) is 2. The van der Waals surface area contributed by atoms with E-state index >= 15 is 0 Å². The van der Waals surface area contributed by atoms with Crippen molar-refractivity contribution in [2.75, 3.05) is 32.8 Å². The fourth-order valence-electron chi connectivity index (χ4n) is 3.18. The van der Waals surface area contributed by atoms with E-state index in [1.807, 2.05) is 0 Å². The van der Waals surface area contributed by atoms with Gasteiger partial charge in [0, 0.05) is 31.2 Å². The van der Waals surface area contributed by atoms with Gasteiger partial charge in [-0.2, -0.15) is 4.31 Å². The number of carbonyl (C=O) groups is 2. The molecule has 1 saturated heterocycles. The monoisotopic (exact) mass is 484 g/mol. The molecular weight excluding hydrogens is 463 g/mol. The Labute approximate surface area is 189 Å². The molecule has 2 amide bonds. The maximum Gasteiger partial charge on any atom is 0.262 e. The molecule has 0 saturated carbocycles. The van der Waals surface area contributed by atoms with Crippen LogP contribution in [0, 0.1) is 5.82 Å². The van der Waals surface area contributed by atoms with Crippen LogP contribution in [0.2, 0.25) is 5.02 Å². The van der Waals surface area contributed by atoms with Crippen molar-refractivity contribution in [2.45, 2.75) is 11.1 Å². The standard InChI is InChI=1S/C20H22ClFN4O5S/c21-14-1-5-16(6-2-14)31-13-18(27)25-11-12-26(20(25)19(28)24-10-9-23)32(29,30)17-7-3-15(22)4-8-17/h1-8,20H,9-13,23H2,(H,24,28). The molecule has 0 radical (unpaired) electrons. The number of hydrogen-bond acceptors (Lipinski definition) is 6. The van der Waals surface area contributed by atoms with E-state index in [-0.39, 0.29) is 31.1 Å². The second-order valence-corrected chi connectivity index (χ2v) is 9.18. The molecule has 0 aromatic heterocycles. The van der Waals surface area contributed by atoms with Crippen LogP contribution in [0.1, 0.15) is 0 Å². The largest absolute Gasteiger partial charge is 0.484 e. The summed E-state index contributed by atoms with van der Waals surface area (Å²) in [5.74, 6) is -1.48. The summed E-state index contributed by atoms with van der Waals surface area (Å²) in [6.07, 6.45) is -1.43. The van der Waals surface area contributed by atoms with Crippen LogP contribution >= 0.6 is 11.6 Å². The van der Waals surface area contributed by atoms with Gasteiger partial charge in [-0.1, -0.05) is 11.6 Å². The van der Waals surface area contributed by atoms with E-state index in [4.69, 9.17) is 22.1 Å². The number of halogens is 2. The van der Waals surface area contributed by atoms with Crippen molar-refractivity contribution >= 4 is 33.4 Å². The number of amides is 2. The summed E-state index contributed by atoms with van der Waals surface area (Å²) < 4.78 is 45.9. The number of benzene rings is 2. The summed E-state index contributed by atoms with van der Waals surface area (Å²) in [6.45, 7) is -0.316. The normalized spacial score (nSPS) is 16.7. The first-order chi connectivity index (χ1) is 15.2. The number of nitrogens with two attached hydrogens (primary N) is 1. The van der Waals surface area contributed by atoms with Gasteiger partial charge >= 0.3 is 0 Å². The molecule has 9 nitrogen and oxygen atoms in total. The van der Waals surface area contributed by atoms with Crippen molar-refractivity contribution in [2.24, 2.45) is 5.73 Å². The highest BCUT2D eigenvalue weighted by molar-refractivity contribution is 7.89. The lowest BCUT2D eigenvalue weighted by Gasteiger charge is -2.28. The molecule has 2 aromatic rings. The Kier molecular flexibility index (Phi) is 7.67. The summed E-state index contributed by atoms with van der Waals surface area (Å²) in [5, 5.41) is 3.02. The Morgan fingerprint density at radius 1 is 1.12 bits per heavy atom. The van der Waals surface area contributed by atoms with Crippen LogP contribution in [-0.4, -0.2) is 68.4 Å². The number of ether oxygens (including phenoxy) is 1. The van der Waals surface area contributed by atoms with Crippen LogP contribution in [0.5, 0.6) is 5.75 Å². The summed E-state index contributed by atoms with van der Waals surface area (Å²) >= 11 is 5.82. The number of carbonyl (C=O) groups excluding carboxylic acids is 2. The molecule has 1 atom stereocenters. The summed E-state index contributed by atoms with van der Waals surface area (Å²) in [4.78, 5) is 26.6. The van der Waals surface area contributed by atoms with Gasteiger partial charge in [0.15, 0.2) is 12.8 Å². The predicted octanol–water partition coefficient (Wildman–Crippen LogP) is 0.792. The Bertz CT molecular complexity index is 1070. The molecule has 12 heteroatoms. The summed E-state index contributed by atoms with van der Waals surface area (Å²) in [6, 6.07) is 10.6. The topological polar surface area (TPSA) is 122 Å². The third-order valence-corrected chi connectivity index (χ3v) is 6.84. The number of nitrogens with one attached hydrogen (secondary N) is 1. The van der Waals surface area contributed by atoms with Crippen molar-refractivity contribution in [3.63, 3.8) is 0 Å². The molecule has 32 heavy (non-hydrogen) atoms. The van der Waals surface area contributed by atoms with Crippen LogP contribution < -0.4 is 15.8 Å². The first kappa shape index (κ1) is 23.9. The van der Waals surface area contributed by atoms with Gasteiger partial charge in [0.2, 0.25) is 10.0 Å². The minimum atomic E-state index is -4.19. The SMILES string of the molecule is NCCNC(=O)C1N(C(=O)COc2ccc(Cl)cc2)CCN1S(=O)(=O)c1ccc(F)cc1. The van der Waals surface area contributed by atoms with Crippen LogP contribution in [0.25, 0.3) is 0 Å². The zero-order chi connectivity index (χ0) is 23.3. The minimum absolute atomic E-state index is 0.0239. The molecule has 1 aliphatic heterocycles. The highest BCUT2D eigenvalue weighted by atomic mass is 35.5. The van der Waals surface area contributed by atoms with Gasteiger partial charge in [-0.3, -0.25) is 9.59 Å². The molecular formula is C20H22ClFN4O5S. The maximum atomic E-state index is 13.3. The molecule has 172 valence electrons. The average molecular weight is 485 g/mol. The molecule has 0 bridgehead atoms. The Hall–Kier alpha value is -2.73. The first-order valence-corrected chi connectivity index (χ1v) is 11.5. The zero-order valence-corrected chi connectivity index (χ0v) is 18.5. The third kappa shape index (κ3) is 5.36. The van der Waals surface area contributed by atoms with Crippen LogP contribution in [-0.2, 0) is 19.6 Å². The highest BCUT2D eigenvalue weighted by Gasteiger charge is 2.46. The van der Waals surface area contributed by atoms with Crippen LogP contribution in [0.15, 0.2) is 53.4 Å². The van der Waals surface area contributed by atoms with Gasteiger partial charge in [-0.15, -0.1) is 0 Å². The zero-order valence-electron chi connectivity index (χ0n) is 16.9. The molecule has 3 rings (SSSR count). The number of nitrogens with zero attached hydrogens (tertiary/aromatic N) is 2. The molecule has 2 aromatic carbocycles. The van der Waals surface area contributed by atoms with E-state index in [1.54, 1.807) is 24.3 Å². The fraction of sp³-hybridized carbons (Fsp3) is 0.300. The van der Waals surface area contributed by atoms with Gasteiger partial charge in [-0.25, -0.2) is 12.8 Å². The fourth-order valence-corrected chi connectivity index (χ4v) is 4.85. The third-order valence-electron chi connectivity index (χ3n) is 4.72. The maximum absolute atomic E-state index is 13.3. The van der Waals surface area contributed by atoms with E-state index in [9.17, 15) is 22.4 Å². The minimum Gasteiger partial charge on any atom is -0.484 e. The first-order valence-electron chi connectivity index (χ1n) is 9.67. The smallest absolute Gasteiger partial charge is 0.262 e. The average Bonchev–Trinajstić information content (AvgIpc) is 3.23. The van der Waals surface area contributed by atoms with Crippen molar-refractivity contribution < 1.29 is 27.1 Å². The molecule has 0 aliphatic carbocycles. The summed E-state index contributed by atoms with van der Waals surface area (Å²) in [5.41, 5.74) is 5.43. The van der Waals surface area contributed by atoms with E-state index in [0.29, 0.717) is 10.8 Å². The quantitative estimate of drug-likeness (QED) is 0.571. The van der Waals surface area contributed by atoms with Gasteiger partial charge < -0.3 is 20.7 Å². The van der Waals surface area contributed by atoms with Crippen LogP contribution in [0.3, 0.4) is 0 Å². The second-order valence-electron chi connectivity index (χ2n) is 6.85. The Morgan fingerprint density at radius 2 is 1.78 bits per heavy atom. The van der Waals surface area contributed by atoms with E-state index in [1.165, 1.54) is 0 Å². The van der Waals surface area contributed by atoms with Crippen LogP contribution in [0.4, 0.5) is 4.39 Å². The summed E-state index contributed by atoms with van der Waals surface area (Å²) in [7, 11) is -4.19. The van der Waals surface area contributed by atoms with E-state index in [2.05, 4.69) is 5.32 Å². The predicted molar refractivity (Wildman–Crippen MR) is 115 cm³/mol. The van der Waals surface area contributed by atoms with Crippen molar-refractivity contribution in [1.29, 1.82) is 0 Å². The molecule has 1 heterocycles. The molecule has 0 spiro atoms. The number of sulfonamides is 1. The van der Waals surface area contributed by atoms with E-state index < -0.39 is 40.4 Å². The Morgan fingerprint density at radius 3 is 2.41 bits per heavy atom. The lowest BCUT2D eigenvalue weighted by molar-refractivity contribution is -0.142. The highest BCUT2D eigenvalue weighted by Crippen LogP contribution is 2.25. The molecule has 1 fully saturated rings. The van der Waals surface area contributed by atoms with Crippen molar-refractivity contribution in [1.82, 2.24) is 14.5 Å². The lowest BCUT2D eigenvalue weighted by Crippen LogP contribution is -2.55. The number of rotatable bonds is 8. The molecule has 1 unspecified atom stereocenters. The van der Waals surface area contributed by atoms with Gasteiger partial charge in [0.05, 0.1) is 4.90 Å². The lowest BCUT2D eigenvalue weighted by atomic mass is 10.3. The molecule has 1 aliphatic rings. The van der Waals surface area contributed by atoms with Crippen molar-refractivity contribution in [3.05, 3.63) is 59.4 Å².